The first-order chi connectivity index (χ1) is 14.3. The van der Waals surface area contributed by atoms with Crippen molar-refractivity contribution in [1.29, 1.82) is 0 Å². The number of allylic oxidation sites excluding steroid dienone is 2. The topological polar surface area (TPSA) is 21.6 Å². The lowest BCUT2D eigenvalue weighted by atomic mass is 9.74. The highest BCUT2D eigenvalue weighted by Gasteiger charge is 2.54. The van der Waals surface area contributed by atoms with Crippen molar-refractivity contribution in [3.8, 4) is 0 Å². The SMILES string of the molecule is CC1=C(c2ccccc2)P2C[C@]1(C)C(c1ccccc1)=C2C1=N[C@@H](C(C)(C)C)CO1. The maximum Gasteiger partial charge on any atom is 0.217 e. The number of fused-ring (bicyclic) bond motifs is 2. The molecule has 2 aromatic carbocycles. The summed E-state index contributed by atoms with van der Waals surface area (Å²) in [6.45, 7) is 12.2. The van der Waals surface area contributed by atoms with Crippen LogP contribution >= 0.6 is 7.92 Å². The van der Waals surface area contributed by atoms with Crippen LogP contribution in [0, 0.1) is 10.8 Å². The number of benzene rings is 2. The predicted molar refractivity (Wildman–Crippen MR) is 129 cm³/mol. The zero-order valence-electron chi connectivity index (χ0n) is 18.6. The van der Waals surface area contributed by atoms with Gasteiger partial charge in [-0.05, 0) is 48.4 Å². The molecule has 3 atom stereocenters. The Morgan fingerprint density at radius 3 is 2.10 bits per heavy atom. The van der Waals surface area contributed by atoms with Gasteiger partial charge in [0.05, 0.1) is 6.04 Å². The standard InChI is InChI=1S/C27H30NOP/c1-18-23(20-14-10-7-11-15-20)30-17-27(18,5)22(19-12-8-6-9-13-19)24(30)25-28-21(16-29-25)26(2,3)4/h6-15,21H,16-17H2,1-5H3/t21-,27+,30?/m1/s1. The van der Waals surface area contributed by atoms with Crippen molar-refractivity contribution in [2.45, 2.75) is 40.7 Å². The highest BCUT2D eigenvalue weighted by Crippen LogP contribution is 2.78. The Bertz CT molecular complexity index is 1070. The van der Waals surface area contributed by atoms with Crippen LogP contribution in [0.25, 0.3) is 10.9 Å². The average Bonchev–Trinajstić information content (AvgIpc) is 3.39. The highest BCUT2D eigenvalue weighted by molar-refractivity contribution is 7.75. The molecule has 0 saturated carbocycles. The Morgan fingerprint density at radius 1 is 0.933 bits per heavy atom. The van der Waals surface area contributed by atoms with E-state index in [1.165, 1.54) is 39.1 Å². The van der Waals surface area contributed by atoms with Gasteiger partial charge in [-0.2, -0.15) is 0 Å². The summed E-state index contributed by atoms with van der Waals surface area (Å²) >= 11 is 0. The molecule has 3 heteroatoms. The third-order valence-electron chi connectivity index (χ3n) is 6.95. The second-order valence-corrected chi connectivity index (χ2v) is 12.0. The van der Waals surface area contributed by atoms with Gasteiger partial charge in [0.2, 0.25) is 5.90 Å². The Kier molecular flexibility index (Phi) is 4.56. The van der Waals surface area contributed by atoms with Gasteiger partial charge in [0.25, 0.3) is 0 Å². The molecule has 0 saturated heterocycles. The zero-order chi connectivity index (χ0) is 21.1. The van der Waals surface area contributed by atoms with Crippen LogP contribution in [0.4, 0.5) is 0 Å². The number of nitrogens with zero attached hydrogens (tertiary/aromatic N) is 1. The van der Waals surface area contributed by atoms with Crippen LogP contribution in [-0.4, -0.2) is 24.7 Å². The van der Waals surface area contributed by atoms with Crippen LogP contribution < -0.4 is 0 Å². The smallest absolute Gasteiger partial charge is 0.217 e. The minimum absolute atomic E-state index is 0.0409. The van der Waals surface area contributed by atoms with E-state index in [1.54, 1.807) is 0 Å². The average molecular weight is 416 g/mol. The molecule has 0 amide bonds. The van der Waals surface area contributed by atoms with E-state index in [0.717, 1.165) is 5.90 Å². The minimum atomic E-state index is -0.485. The van der Waals surface area contributed by atoms with E-state index in [4.69, 9.17) is 9.73 Å². The van der Waals surface area contributed by atoms with Crippen molar-refractivity contribution in [3.63, 3.8) is 0 Å². The molecule has 0 radical (unpaired) electrons. The van der Waals surface area contributed by atoms with Gasteiger partial charge in [-0.1, -0.05) is 93.9 Å². The number of aliphatic imine (C=N–C) groups is 1. The normalized spacial score (nSPS) is 28.2. The Labute approximate surface area is 181 Å². The van der Waals surface area contributed by atoms with Crippen LogP contribution in [-0.2, 0) is 4.74 Å². The third-order valence-corrected chi connectivity index (χ3v) is 9.99. The fraction of sp³-hybridized carbons (Fsp3) is 0.370. The molecule has 2 nitrogen and oxygen atoms in total. The van der Waals surface area contributed by atoms with Crippen molar-refractivity contribution in [1.82, 2.24) is 0 Å². The van der Waals surface area contributed by atoms with Gasteiger partial charge in [0.15, 0.2) is 0 Å². The van der Waals surface area contributed by atoms with Crippen molar-refractivity contribution >= 4 is 24.7 Å². The minimum Gasteiger partial charge on any atom is -0.475 e. The third kappa shape index (κ3) is 2.92. The second-order valence-electron chi connectivity index (χ2n) is 9.97. The first kappa shape index (κ1) is 19.8. The molecule has 3 aliphatic rings. The van der Waals surface area contributed by atoms with Crippen molar-refractivity contribution in [2.75, 3.05) is 12.8 Å². The molecule has 2 bridgehead atoms. The summed E-state index contributed by atoms with van der Waals surface area (Å²) in [6.07, 6.45) is 1.17. The summed E-state index contributed by atoms with van der Waals surface area (Å²) in [5.41, 5.74) is 5.79. The van der Waals surface area contributed by atoms with Crippen LogP contribution in [0.2, 0.25) is 0 Å². The molecule has 0 aromatic heterocycles. The van der Waals surface area contributed by atoms with E-state index in [0.29, 0.717) is 6.61 Å². The van der Waals surface area contributed by atoms with Crippen molar-refractivity contribution < 1.29 is 4.74 Å². The monoisotopic (exact) mass is 415 g/mol. The van der Waals surface area contributed by atoms with Gasteiger partial charge in [0, 0.05) is 10.7 Å². The van der Waals surface area contributed by atoms with Gasteiger partial charge >= 0.3 is 0 Å². The summed E-state index contributed by atoms with van der Waals surface area (Å²) < 4.78 is 6.33. The van der Waals surface area contributed by atoms with E-state index in [-0.39, 0.29) is 16.9 Å². The van der Waals surface area contributed by atoms with E-state index in [1.807, 2.05) is 0 Å². The van der Waals surface area contributed by atoms with Gasteiger partial charge in [-0.15, -0.1) is 0 Å². The number of hydrogen-bond donors (Lipinski definition) is 0. The summed E-state index contributed by atoms with van der Waals surface area (Å²) in [4.78, 5) is 5.15. The van der Waals surface area contributed by atoms with Crippen LogP contribution in [0.3, 0.4) is 0 Å². The summed E-state index contributed by atoms with van der Waals surface area (Å²) in [5, 5.41) is 2.92. The first-order valence-electron chi connectivity index (χ1n) is 10.9. The predicted octanol–water partition coefficient (Wildman–Crippen LogP) is 7.19. The molecule has 0 aliphatic carbocycles. The van der Waals surface area contributed by atoms with Gasteiger partial charge in [0.1, 0.15) is 6.61 Å². The van der Waals surface area contributed by atoms with Gasteiger partial charge < -0.3 is 4.74 Å². The Morgan fingerprint density at radius 2 is 1.53 bits per heavy atom. The van der Waals surface area contributed by atoms with Crippen molar-refractivity contribution in [3.05, 3.63) is 82.7 Å². The lowest BCUT2D eigenvalue weighted by molar-refractivity contribution is 0.236. The number of hydrogen-bond acceptors (Lipinski definition) is 2. The van der Waals surface area contributed by atoms with Crippen LogP contribution in [0.1, 0.15) is 45.7 Å². The van der Waals surface area contributed by atoms with E-state index >= 15 is 0 Å². The first-order valence-corrected chi connectivity index (χ1v) is 12.4. The summed E-state index contributed by atoms with van der Waals surface area (Å²) in [7, 11) is -0.485. The lowest BCUT2D eigenvalue weighted by Crippen LogP contribution is -2.25. The molecule has 1 unspecified atom stereocenters. The molecule has 0 fully saturated rings. The molecule has 30 heavy (non-hydrogen) atoms. The zero-order valence-corrected chi connectivity index (χ0v) is 19.5. The van der Waals surface area contributed by atoms with Gasteiger partial charge in [-0.3, -0.25) is 0 Å². The quantitative estimate of drug-likeness (QED) is 0.486. The molecule has 3 aliphatic heterocycles. The second kappa shape index (κ2) is 6.92. The molecule has 0 N–H and O–H groups in total. The molecule has 3 heterocycles. The largest absolute Gasteiger partial charge is 0.475 e. The molecule has 0 spiro atoms. The number of rotatable bonds is 3. The molecule has 2 aromatic rings. The molecular formula is C27H30NOP. The lowest BCUT2D eigenvalue weighted by Gasteiger charge is -2.31. The van der Waals surface area contributed by atoms with Crippen LogP contribution in [0.5, 0.6) is 0 Å². The Hall–Kier alpha value is -2.18. The Balaban J connectivity index is 1.70. The fourth-order valence-corrected chi connectivity index (χ4v) is 8.71. The number of ether oxygens (including phenoxy) is 1. The molecule has 154 valence electrons. The maximum atomic E-state index is 6.33. The maximum absolute atomic E-state index is 6.33. The molecule has 5 rings (SSSR count). The summed E-state index contributed by atoms with van der Waals surface area (Å²) in [6, 6.07) is 22.1. The van der Waals surface area contributed by atoms with Gasteiger partial charge in [-0.25, -0.2) is 4.99 Å². The highest BCUT2D eigenvalue weighted by atomic mass is 31.1. The van der Waals surface area contributed by atoms with E-state index < -0.39 is 7.92 Å². The van der Waals surface area contributed by atoms with E-state index in [9.17, 15) is 0 Å². The van der Waals surface area contributed by atoms with E-state index in [2.05, 4.69) is 95.3 Å². The van der Waals surface area contributed by atoms with Crippen molar-refractivity contribution in [2.24, 2.45) is 15.8 Å². The van der Waals surface area contributed by atoms with Crippen LogP contribution in [0.15, 0.2) is 76.5 Å². The summed E-state index contributed by atoms with van der Waals surface area (Å²) in [5.74, 6) is 0.907. The fourth-order valence-electron chi connectivity index (χ4n) is 5.03. The molecular weight excluding hydrogens is 385 g/mol.